The minimum absolute atomic E-state index is 0.167. The van der Waals surface area contributed by atoms with Crippen molar-refractivity contribution in [3.05, 3.63) is 0 Å². The molecule has 1 heterocycles. The number of nitrogens with zero attached hydrogens (tertiary/aromatic N) is 2. The molecule has 1 atom stereocenters. The molecule has 0 spiro atoms. The molecule has 4 N–H and O–H groups in total. The van der Waals surface area contributed by atoms with Gasteiger partial charge in [0.05, 0.1) is 19.3 Å². The standard InChI is InChI=1S/C8H18N4O/c1-7(11-8(9)10)6-12-2-4-13-5-3-12/h7H,2-6H2,1H3,(H4,9,10,11). The maximum absolute atomic E-state index is 5.28. The zero-order valence-corrected chi connectivity index (χ0v) is 8.07. The number of nitrogens with two attached hydrogens (primary N) is 2. The molecule has 0 aromatic heterocycles. The van der Waals surface area contributed by atoms with E-state index >= 15 is 0 Å². The smallest absolute Gasteiger partial charge is 0.186 e. The fourth-order valence-electron chi connectivity index (χ4n) is 1.45. The number of ether oxygens (including phenoxy) is 1. The van der Waals surface area contributed by atoms with Gasteiger partial charge < -0.3 is 16.2 Å². The van der Waals surface area contributed by atoms with Gasteiger partial charge in [-0.05, 0) is 6.92 Å². The normalized spacial score (nSPS) is 21.0. The third kappa shape index (κ3) is 4.10. The maximum atomic E-state index is 5.28. The predicted octanol–water partition coefficient (Wildman–Crippen LogP) is -1.02. The zero-order chi connectivity index (χ0) is 9.68. The van der Waals surface area contributed by atoms with Gasteiger partial charge in [0, 0.05) is 19.6 Å². The van der Waals surface area contributed by atoms with Crippen molar-refractivity contribution in [3.8, 4) is 0 Å². The highest BCUT2D eigenvalue weighted by molar-refractivity contribution is 5.75. The van der Waals surface area contributed by atoms with Crippen molar-refractivity contribution >= 4 is 5.96 Å². The van der Waals surface area contributed by atoms with Gasteiger partial charge in [0.1, 0.15) is 0 Å². The number of morpholine rings is 1. The second kappa shape index (κ2) is 5.04. The van der Waals surface area contributed by atoms with Crippen LogP contribution in [0.15, 0.2) is 4.99 Å². The maximum Gasteiger partial charge on any atom is 0.186 e. The molecule has 0 saturated carbocycles. The van der Waals surface area contributed by atoms with E-state index in [9.17, 15) is 0 Å². The van der Waals surface area contributed by atoms with Gasteiger partial charge in [0.2, 0.25) is 0 Å². The number of aliphatic imine (C=N–C) groups is 1. The highest BCUT2D eigenvalue weighted by atomic mass is 16.5. The van der Waals surface area contributed by atoms with Gasteiger partial charge in [-0.1, -0.05) is 0 Å². The topological polar surface area (TPSA) is 76.9 Å². The van der Waals surface area contributed by atoms with Crippen LogP contribution in [0.1, 0.15) is 6.92 Å². The lowest BCUT2D eigenvalue weighted by atomic mass is 10.3. The molecular weight excluding hydrogens is 168 g/mol. The Morgan fingerprint density at radius 3 is 2.62 bits per heavy atom. The molecule has 1 saturated heterocycles. The minimum Gasteiger partial charge on any atom is -0.379 e. The summed E-state index contributed by atoms with van der Waals surface area (Å²) in [5.74, 6) is 0.167. The summed E-state index contributed by atoms with van der Waals surface area (Å²) >= 11 is 0. The molecule has 13 heavy (non-hydrogen) atoms. The third-order valence-electron chi connectivity index (χ3n) is 2.00. The molecule has 0 aromatic rings. The number of rotatable bonds is 3. The lowest BCUT2D eigenvalue weighted by molar-refractivity contribution is 0.0361. The summed E-state index contributed by atoms with van der Waals surface area (Å²) in [6.07, 6.45) is 0. The third-order valence-corrected chi connectivity index (χ3v) is 2.00. The van der Waals surface area contributed by atoms with E-state index in [1.54, 1.807) is 0 Å². The van der Waals surface area contributed by atoms with Gasteiger partial charge in [-0.2, -0.15) is 0 Å². The van der Waals surface area contributed by atoms with Crippen LogP contribution >= 0.6 is 0 Å². The first-order valence-electron chi connectivity index (χ1n) is 4.57. The quantitative estimate of drug-likeness (QED) is 0.437. The van der Waals surface area contributed by atoms with Gasteiger partial charge in [0.25, 0.3) is 0 Å². The summed E-state index contributed by atoms with van der Waals surface area (Å²) in [4.78, 5) is 6.37. The van der Waals surface area contributed by atoms with Crippen molar-refractivity contribution < 1.29 is 4.74 Å². The Morgan fingerprint density at radius 2 is 2.08 bits per heavy atom. The molecule has 5 nitrogen and oxygen atoms in total. The van der Waals surface area contributed by atoms with E-state index in [0.717, 1.165) is 32.8 Å². The largest absolute Gasteiger partial charge is 0.379 e. The monoisotopic (exact) mass is 186 g/mol. The minimum atomic E-state index is 0.167. The zero-order valence-electron chi connectivity index (χ0n) is 8.07. The van der Waals surface area contributed by atoms with Crippen LogP contribution < -0.4 is 11.5 Å². The fraction of sp³-hybridized carbons (Fsp3) is 0.875. The first kappa shape index (κ1) is 10.3. The van der Waals surface area contributed by atoms with Crippen LogP contribution in [-0.4, -0.2) is 49.7 Å². The van der Waals surface area contributed by atoms with Crippen LogP contribution in [0.5, 0.6) is 0 Å². The molecule has 1 unspecified atom stereocenters. The fourth-order valence-corrected chi connectivity index (χ4v) is 1.45. The van der Waals surface area contributed by atoms with Gasteiger partial charge in [-0.25, -0.2) is 4.99 Å². The second-order valence-electron chi connectivity index (χ2n) is 3.32. The van der Waals surface area contributed by atoms with Gasteiger partial charge in [-0.3, -0.25) is 4.90 Å². The number of hydrogen-bond donors (Lipinski definition) is 2. The van der Waals surface area contributed by atoms with Gasteiger partial charge >= 0.3 is 0 Å². The Bertz CT molecular complexity index is 173. The van der Waals surface area contributed by atoms with Crippen molar-refractivity contribution in [1.82, 2.24) is 4.90 Å². The van der Waals surface area contributed by atoms with Crippen molar-refractivity contribution in [1.29, 1.82) is 0 Å². The van der Waals surface area contributed by atoms with Crippen molar-refractivity contribution in [3.63, 3.8) is 0 Å². The summed E-state index contributed by atoms with van der Waals surface area (Å²) in [7, 11) is 0. The Balaban J connectivity index is 2.26. The Labute approximate surface area is 78.7 Å². The SMILES string of the molecule is CC(CN1CCOCC1)N=C(N)N. The molecule has 76 valence electrons. The molecule has 0 aliphatic carbocycles. The van der Waals surface area contributed by atoms with E-state index in [-0.39, 0.29) is 12.0 Å². The van der Waals surface area contributed by atoms with Crippen LogP contribution in [-0.2, 0) is 4.74 Å². The molecule has 0 radical (unpaired) electrons. The molecule has 0 bridgehead atoms. The summed E-state index contributed by atoms with van der Waals surface area (Å²) in [6, 6.07) is 0.170. The molecule has 1 fully saturated rings. The van der Waals surface area contributed by atoms with Crippen LogP contribution in [0, 0.1) is 0 Å². The van der Waals surface area contributed by atoms with E-state index in [0.29, 0.717) is 0 Å². The molecule has 1 aliphatic rings. The summed E-state index contributed by atoms with van der Waals surface area (Å²) in [6.45, 7) is 6.49. The van der Waals surface area contributed by atoms with Crippen molar-refractivity contribution in [2.24, 2.45) is 16.5 Å². The average Bonchev–Trinajstić information content (AvgIpc) is 2.04. The molecular formula is C8H18N4O. The van der Waals surface area contributed by atoms with Crippen molar-refractivity contribution in [2.45, 2.75) is 13.0 Å². The van der Waals surface area contributed by atoms with Crippen LogP contribution in [0.25, 0.3) is 0 Å². The van der Waals surface area contributed by atoms with E-state index in [1.807, 2.05) is 6.92 Å². The highest BCUT2D eigenvalue weighted by Gasteiger charge is 2.12. The van der Waals surface area contributed by atoms with E-state index in [1.165, 1.54) is 0 Å². The van der Waals surface area contributed by atoms with Crippen LogP contribution in [0.4, 0.5) is 0 Å². The van der Waals surface area contributed by atoms with Gasteiger partial charge in [-0.15, -0.1) is 0 Å². The molecule has 0 aromatic carbocycles. The molecule has 5 heteroatoms. The number of hydrogen-bond acceptors (Lipinski definition) is 3. The highest BCUT2D eigenvalue weighted by Crippen LogP contribution is 2.00. The molecule has 1 aliphatic heterocycles. The Hall–Kier alpha value is -0.810. The van der Waals surface area contributed by atoms with E-state index < -0.39 is 0 Å². The average molecular weight is 186 g/mol. The van der Waals surface area contributed by atoms with E-state index in [2.05, 4.69) is 9.89 Å². The van der Waals surface area contributed by atoms with E-state index in [4.69, 9.17) is 16.2 Å². The predicted molar refractivity (Wildman–Crippen MR) is 52.5 cm³/mol. The Kier molecular flexibility index (Phi) is 3.98. The van der Waals surface area contributed by atoms with Crippen molar-refractivity contribution in [2.75, 3.05) is 32.8 Å². The molecule has 1 rings (SSSR count). The number of guanidine groups is 1. The summed E-state index contributed by atoms with van der Waals surface area (Å²) in [5, 5.41) is 0. The lowest BCUT2D eigenvalue weighted by Crippen LogP contribution is -2.40. The van der Waals surface area contributed by atoms with Crippen LogP contribution in [0.3, 0.4) is 0 Å². The summed E-state index contributed by atoms with van der Waals surface area (Å²) < 4.78 is 5.24. The lowest BCUT2D eigenvalue weighted by Gasteiger charge is -2.27. The van der Waals surface area contributed by atoms with Crippen LogP contribution in [0.2, 0.25) is 0 Å². The first-order chi connectivity index (χ1) is 6.18. The second-order valence-corrected chi connectivity index (χ2v) is 3.32. The summed E-state index contributed by atoms with van der Waals surface area (Å²) in [5.41, 5.74) is 10.6. The first-order valence-corrected chi connectivity index (χ1v) is 4.57. The Morgan fingerprint density at radius 1 is 1.46 bits per heavy atom. The molecule has 0 amide bonds. The van der Waals surface area contributed by atoms with Gasteiger partial charge in [0.15, 0.2) is 5.96 Å².